The first kappa shape index (κ1) is 12.1. The van der Waals surface area contributed by atoms with Crippen molar-refractivity contribution in [1.29, 1.82) is 0 Å². The Bertz CT molecular complexity index is 591. The summed E-state index contributed by atoms with van der Waals surface area (Å²) in [6, 6.07) is 5.35. The molecule has 4 nitrogen and oxygen atoms in total. The number of benzene rings is 1. The molecule has 1 heterocycles. The fourth-order valence-electron chi connectivity index (χ4n) is 3.01. The predicted octanol–water partition coefficient (Wildman–Crippen LogP) is 1.64. The number of rotatable bonds is 1. The minimum atomic E-state index is -0.419. The summed E-state index contributed by atoms with van der Waals surface area (Å²) in [6.45, 7) is 2.40. The molecule has 1 atom stereocenters. The van der Waals surface area contributed by atoms with E-state index in [1.807, 2.05) is 25.1 Å². The van der Waals surface area contributed by atoms with Crippen molar-refractivity contribution in [3.8, 4) is 0 Å². The Hall–Kier alpha value is -1.97. The Morgan fingerprint density at radius 3 is 2.68 bits per heavy atom. The molecule has 2 aliphatic rings. The van der Waals surface area contributed by atoms with Crippen LogP contribution in [0.15, 0.2) is 18.2 Å². The van der Waals surface area contributed by atoms with E-state index in [2.05, 4.69) is 0 Å². The van der Waals surface area contributed by atoms with Crippen molar-refractivity contribution in [2.45, 2.75) is 38.8 Å². The van der Waals surface area contributed by atoms with Gasteiger partial charge in [0.15, 0.2) is 5.78 Å². The molecule has 1 saturated carbocycles. The van der Waals surface area contributed by atoms with Gasteiger partial charge in [0.2, 0.25) is 0 Å². The molecule has 3 rings (SSSR count). The Morgan fingerprint density at radius 2 is 2.00 bits per heavy atom. The van der Waals surface area contributed by atoms with Gasteiger partial charge in [-0.1, -0.05) is 18.2 Å². The van der Waals surface area contributed by atoms with Crippen LogP contribution < -0.4 is 0 Å². The number of Topliss-reactive ketones (excluding diaryl/α,β-unsaturated/α-hetero) is 2. The lowest BCUT2D eigenvalue weighted by Crippen LogP contribution is -2.44. The highest BCUT2D eigenvalue weighted by atomic mass is 16.2. The van der Waals surface area contributed by atoms with E-state index in [0.29, 0.717) is 19.4 Å². The summed E-state index contributed by atoms with van der Waals surface area (Å²) in [4.78, 5) is 37.3. The zero-order valence-electron chi connectivity index (χ0n) is 10.8. The number of carbonyl (C=O) groups is 3. The van der Waals surface area contributed by atoms with E-state index in [1.54, 1.807) is 4.90 Å². The van der Waals surface area contributed by atoms with E-state index >= 15 is 0 Å². The first-order chi connectivity index (χ1) is 9.08. The molecule has 1 amide bonds. The number of hydrogen-bond acceptors (Lipinski definition) is 3. The van der Waals surface area contributed by atoms with Gasteiger partial charge in [-0.15, -0.1) is 0 Å². The van der Waals surface area contributed by atoms with Gasteiger partial charge in [0, 0.05) is 18.5 Å². The minimum absolute atomic E-state index is 0.0124. The zero-order valence-corrected chi connectivity index (χ0v) is 10.8. The van der Waals surface area contributed by atoms with Gasteiger partial charge in [-0.05, 0) is 24.5 Å². The van der Waals surface area contributed by atoms with Crippen LogP contribution in [0.1, 0.15) is 40.7 Å². The van der Waals surface area contributed by atoms with E-state index in [9.17, 15) is 14.4 Å². The van der Waals surface area contributed by atoms with Gasteiger partial charge >= 0.3 is 0 Å². The highest BCUT2D eigenvalue weighted by molar-refractivity contribution is 6.07. The fourth-order valence-corrected chi connectivity index (χ4v) is 3.01. The smallest absolute Gasteiger partial charge is 0.255 e. The van der Waals surface area contributed by atoms with Crippen LogP contribution in [0.2, 0.25) is 0 Å². The van der Waals surface area contributed by atoms with Crippen LogP contribution in [0.3, 0.4) is 0 Å². The van der Waals surface area contributed by atoms with Gasteiger partial charge in [0.05, 0.1) is 12.5 Å². The average Bonchev–Trinajstić information content (AvgIpc) is 2.68. The second-order valence-corrected chi connectivity index (χ2v) is 5.28. The molecule has 1 aliphatic carbocycles. The van der Waals surface area contributed by atoms with Crippen LogP contribution in [-0.4, -0.2) is 28.4 Å². The minimum Gasteiger partial charge on any atom is -0.324 e. The first-order valence-electron chi connectivity index (χ1n) is 6.52. The molecule has 1 aromatic carbocycles. The Labute approximate surface area is 111 Å². The quantitative estimate of drug-likeness (QED) is 0.719. The van der Waals surface area contributed by atoms with E-state index in [-0.39, 0.29) is 23.9 Å². The Morgan fingerprint density at radius 1 is 1.21 bits per heavy atom. The molecule has 0 N–H and O–H groups in total. The lowest BCUT2D eigenvalue weighted by Gasteiger charge is -2.29. The van der Waals surface area contributed by atoms with Crippen molar-refractivity contribution in [2.24, 2.45) is 0 Å². The Kier molecular flexibility index (Phi) is 2.73. The van der Waals surface area contributed by atoms with E-state index < -0.39 is 6.04 Å². The van der Waals surface area contributed by atoms with Crippen molar-refractivity contribution >= 4 is 17.5 Å². The summed E-state index contributed by atoms with van der Waals surface area (Å²) < 4.78 is 0. The molecule has 1 fully saturated rings. The van der Waals surface area contributed by atoms with Gasteiger partial charge in [-0.25, -0.2) is 0 Å². The number of nitrogens with zero attached hydrogens (tertiary/aromatic N) is 1. The molecule has 4 heteroatoms. The largest absolute Gasteiger partial charge is 0.324 e. The van der Waals surface area contributed by atoms with Crippen LogP contribution in [0.5, 0.6) is 0 Å². The standard InChI is InChI=1S/C15H15NO3/c1-9-3-2-4-10-8-16(15(19)14(9)10)12-6-5-11(17)7-13(12)18/h2-4,12H,5-8H2,1H3. The number of amides is 1. The Balaban J connectivity index is 1.90. The molecule has 0 aromatic heterocycles. The molecule has 1 aromatic rings. The fraction of sp³-hybridized carbons (Fsp3) is 0.400. The number of fused-ring (bicyclic) bond motifs is 1. The first-order valence-corrected chi connectivity index (χ1v) is 6.52. The number of hydrogen-bond donors (Lipinski definition) is 0. The van der Waals surface area contributed by atoms with Crippen molar-refractivity contribution in [1.82, 2.24) is 4.90 Å². The van der Waals surface area contributed by atoms with Crippen LogP contribution in [-0.2, 0) is 16.1 Å². The lowest BCUT2D eigenvalue weighted by molar-refractivity contribution is -0.133. The number of ketones is 2. The van der Waals surface area contributed by atoms with Gasteiger partial charge in [-0.2, -0.15) is 0 Å². The summed E-state index contributed by atoms with van der Waals surface area (Å²) in [7, 11) is 0. The second-order valence-electron chi connectivity index (χ2n) is 5.28. The van der Waals surface area contributed by atoms with Gasteiger partial charge in [-0.3, -0.25) is 14.4 Å². The molecule has 19 heavy (non-hydrogen) atoms. The van der Waals surface area contributed by atoms with Crippen molar-refractivity contribution in [2.75, 3.05) is 0 Å². The molecule has 0 bridgehead atoms. The highest BCUT2D eigenvalue weighted by Gasteiger charge is 2.39. The summed E-state index contributed by atoms with van der Waals surface area (Å²) in [5.41, 5.74) is 2.66. The predicted molar refractivity (Wildman–Crippen MR) is 68.7 cm³/mol. The topological polar surface area (TPSA) is 54.5 Å². The normalized spacial score (nSPS) is 22.9. The molecular weight excluding hydrogens is 242 g/mol. The van der Waals surface area contributed by atoms with Crippen LogP contribution >= 0.6 is 0 Å². The zero-order chi connectivity index (χ0) is 13.6. The lowest BCUT2D eigenvalue weighted by atomic mass is 9.92. The molecule has 1 aliphatic heterocycles. The summed E-state index contributed by atoms with van der Waals surface area (Å²) in [5.74, 6) is -0.197. The van der Waals surface area contributed by atoms with E-state index in [4.69, 9.17) is 0 Å². The van der Waals surface area contributed by atoms with Gasteiger partial charge in [0.1, 0.15) is 5.78 Å². The monoisotopic (exact) mass is 257 g/mol. The number of carbonyl (C=O) groups excluding carboxylic acids is 3. The van der Waals surface area contributed by atoms with Gasteiger partial charge < -0.3 is 4.90 Å². The third-order valence-electron chi connectivity index (χ3n) is 3.99. The van der Waals surface area contributed by atoms with Crippen molar-refractivity contribution < 1.29 is 14.4 Å². The average molecular weight is 257 g/mol. The summed E-state index contributed by atoms with van der Waals surface area (Å²) >= 11 is 0. The summed E-state index contributed by atoms with van der Waals surface area (Å²) in [5, 5.41) is 0. The van der Waals surface area contributed by atoms with E-state index in [0.717, 1.165) is 16.7 Å². The SMILES string of the molecule is Cc1cccc2c1C(=O)N(C1CCC(=O)CC1=O)C2. The second kappa shape index (κ2) is 4.30. The molecule has 0 radical (unpaired) electrons. The molecule has 1 unspecified atom stereocenters. The maximum Gasteiger partial charge on any atom is 0.255 e. The maximum atomic E-state index is 12.4. The molecule has 98 valence electrons. The third kappa shape index (κ3) is 1.87. The van der Waals surface area contributed by atoms with Gasteiger partial charge in [0.25, 0.3) is 5.91 Å². The third-order valence-corrected chi connectivity index (χ3v) is 3.99. The molecular formula is C15H15NO3. The molecule has 0 saturated heterocycles. The van der Waals surface area contributed by atoms with Crippen LogP contribution in [0.25, 0.3) is 0 Å². The van der Waals surface area contributed by atoms with Crippen LogP contribution in [0, 0.1) is 6.92 Å². The highest BCUT2D eigenvalue weighted by Crippen LogP contribution is 2.30. The molecule has 0 spiro atoms. The van der Waals surface area contributed by atoms with Crippen molar-refractivity contribution in [3.63, 3.8) is 0 Å². The van der Waals surface area contributed by atoms with Crippen LogP contribution in [0.4, 0.5) is 0 Å². The maximum absolute atomic E-state index is 12.4. The summed E-state index contributed by atoms with van der Waals surface area (Å²) in [6.07, 6.45) is 0.843. The van der Waals surface area contributed by atoms with Crippen molar-refractivity contribution in [3.05, 3.63) is 34.9 Å². The number of aryl methyl sites for hydroxylation is 1. The van der Waals surface area contributed by atoms with E-state index in [1.165, 1.54) is 0 Å².